The molecule has 68 valence electrons. The Balaban J connectivity index is 2.65. The molecule has 0 aromatic carbocycles. The Morgan fingerprint density at radius 2 is 2.31 bits per heavy atom. The van der Waals surface area contributed by atoms with Gasteiger partial charge in [0.1, 0.15) is 4.64 Å². The summed E-state index contributed by atoms with van der Waals surface area (Å²) in [5.41, 5.74) is 1.04. The molecule has 0 radical (unpaired) electrons. The third-order valence-corrected chi connectivity index (χ3v) is 2.14. The van der Waals surface area contributed by atoms with Gasteiger partial charge in [-0.05, 0) is 13.0 Å². The van der Waals surface area contributed by atoms with Crippen LogP contribution in [-0.4, -0.2) is 19.3 Å². The van der Waals surface area contributed by atoms with Crippen LogP contribution >= 0.6 is 12.2 Å². The molecule has 0 aliphatic rings. The van der Waals surface area contributed by atoms with Crippen molar-refractivity contribution in [2.75, 3.05) is 0 Å². The molecule has 1 N–H and O–H groups in total. The number of imidazole rings is 1. The fourth-order valence-electron chi connectivity index (χ4n) is 1.24. The van der Waals surface area contributed by atoms with Crippen LogP contribution in [0.25, 0.3) is 5.95 Å². The molecule has 5 heteroatoms. The molecule has 0 spiro atoms. The van der Waals surface area contributed by atoms with Gasteiger partial charge in [0.05, 0.1) is 0 Å². The summed E-state index contributed by atoms with van der Waals surface area (Å²) in [5, 5.41) is 3.12. The Morgan fingerprint density at radius 1 is 1.54 bits per heavy atom. The number of hydrogen-bond donors (Lipinski definition) is 1. The lowest BCUT2D eigenvalue weighted by Crippen LogP contribution is -2.04. The van der Waals surface area contributed by atoms with Crippen LogP contribution in [0.3, 0.4) is 0 Å². The summed E-state index contributed by atoms with van der Waals surface area (Å²) >= 11 is 5.16. The van der Waals surface area contributed by atoms with Gasteiger partial charge < -0.3 is 4.57 Å². The van der Waals surface area contributed by atoms with E-state index >= 15 is 0 Å². The highest BCUT2D eigenvalue weighted by Crippen LogP contribution is 2.05. The van der Waals surface area contributed by atoms with Gasteiger partial charge in [0.2, 0.25) is 5.95 Å². The van der Waals surface area contributed by atoms with E-state index in [0.29, 0.717) is 0 Å². The fourth-order valence-corrected chi connectivity index (χ4v) is 1.54. The molecule has 0 unspecified atom stereocenters. The van der Waals surface area contributed by atoms with E-state index in [2.05, 4.69) is 10.1 Å². The summed E-state index contributed by atoms with van der Waals surface area (Å²) in [4.78, 5) is 4.19. The maximum Gasteiger partial charge on any atom is 0.229 e. The summed E-state index contributed by atoms with van der Waals surface area (Å²) < 4.78 is 4.43. The van der Waals surface area contributed by atoms with Crippen molar-refractivity contribution >= 4 is 12.2 Å². The van der Waals surface area contributed by atoms with Gasteiger partial charge in [-0.3, -0.25) is 5.10 Å². The Labute approximate surface area is 80.8 Å². The van der Waals surface area contributed by atoms with Gasteiger partial charge in [0.25, 0.3) is 0 Å². The third kappa shape index (κ3) is 1.31. The Morgan fingerprint density at radius 3 is 2.77 bits per heavy atom. The molecule has 13 heavy (non-hydrogen) atoms. The summed E-state index contributed by atoms with van der Waals surface area (Å²) in [7, 11) is 1.93. The third-order valence-electron chi connectivity index (χ3n) is 1.84. The second-order valence-electron chi connectivity index (χ2n) is 2.95. The number of aromatic nitrogens is 4. The minimum atomic E-state index is 0.742. The van der Waals surface area contributed by atoms with Crippen LogP contribution in [0.4, 0.5) is 0 Å². The molecule has 0 saturated carbocycles. The quantitative estimate of drug-likeness (QED) is 0.700. The van der Waals surface area contributed by atoms with Gasteiger partial charge in [-0.25, -0.2) is 9.67 Å². The van der Waals surface area contributed by atoms with Crippen molar-refractivity contribution in [2.24, 2.45) is 7.05 Å². The maximum absolute atomic E-state index is 5.16. The maximum atomic E-state index is 5.16. The van der Waals surface area contributed by atoms with E-state index < -0.39 is 0 Å². The summed E-state index contributed by atoms with van der Waals surface area (Å²) in [6, 6.07) is 1.91. The predicted molar refractivity (Wildman–Crippen MR) is 52.5 cm³/mol. The summed E-state index contributed by atoms with van der Waals surface area (Å²) in [6.07, 6.45) is 3.63. The zero-order chi connectivity index (χ0) is 9.42. The van der Waals surface area contributed by atoms with Crippen LogP contribution < -0.4 is 0 Å². The Hall–Kier alpha value is -1.36. The van der Waals surface area contributed by atoms with E-state index in [-0.39, 0.29) is 0 Å². The van der Waals surface area contributed by atoms with E-state index in [1.165, 1.54) is 0 Å². The first-order valence-corrected chi connectivity index (χ1v) is 4.35. The minimum absolute atomic E-state index is 0.742. The van der Waals surface area contributed by atoms with Crippen molar-refractivity contribution in [3.05, 3.63) is 28.8 Å². The average molecular weight is 194 g/mol. The van der Waals surface area contributed by atoms with Crippen molar-refractivity contribution in [3.8, 4) is 5.95 Å². The van der Waals surface area contributed by atoms with Crippen molar-refractivity contribution < 1.29 is 0 Å². The van der Waals surface area contributed by atoms with Crippen molar-refractivity contribution in [1.82, 2.24) is 19.3 Å². The van der Waals surface area contributed by atoms with Crippen LogP contribution in [0.2, 0.25) is 0 Å². The smallest absolute Gasteiger partial charge is 0.229 e. The van der Waals surface area contributed by atoms with Crippen LogP contribution in [0.5, 0.6) is 0 Å². The van der Waals surface area contributed by atoms with Crippen LogP contribution in [-0.2, 0) is 7.05 Å². The van der Waals surface area contributed by atoms with Crippen LogP contribution in [0.15, 0.2) is 18.5 Å². The normalized spacial score (nSPS) is 10.6. The molecule has 2 aromatic rings. The second-order valence-corrected chi connectivity index (χ2v) is 3.37. The van der Waals surface area contributed by atoms with Gasteiger partial charge >= 0.3 is 0 Å². The summed E-state index contributed by atoms with van der Waals surface area (Å²) in [6.45, 7) is 1.97. The molecule has 0 atom stereocenters. The number of nitrogens with one attached hydrogen (secondary N) is 1. The number of nitrogens with zero attached hydrogens (tertiary/aromatic N) is 3. The van der Waals surface area contributed by atoms with Gasteiger partial charge in [0.15, 0.2) is 0 Å². The number of aromatic amines is 1. The second kappa shape index (κ2) is 2.85. The van der Waals surface area contributed by atoms with E-state index in [1.807, 2.05) is 30.8 Å². The van der Waals surface area contributed by atoms with E-state index in [4.69, 9.17) is 12.2 Å². The number of rotatable bonds is 1. The van der Waals surface area contributed by atoms with Crippen LogP contribution in [0.1, 0.15) is 5.69 Å². The molecule has 0 aliphatic carbocycles. The molecule has 0 bridgehead atoms. The summed E-state index contributed by atoms with van der Waals surface area (Å²) in [5.74, 6) is 0.804. The molecule has 0 amide bonds. The number of aryl methyl sites for hydroxylation is 2. The zero-order valence-corrected chi connectivity index (χ0v) is 8.30. The Kier molecular flexibility index (Phi) is 1.81. The molecular formula is C8H10N4S. The molecule has 0 fully saturated rings. The van der Waals surface area contributed by atoms with Gasteiger partial charge in [0, 0.05) is 25.1 Å². The first-order valence-electron chi connectivity index (χ1n) is 3.95. The number of hydrogen-bond acceptors (Lipinski definition) is 2. The number of H-pyrrole nitrogens is 1. The van der Waals surface area contributed by atoms with Crippen molar-refractivity contribution in [3.63, 3.8) is 0 Å². The minimum Gasteiger partial charge on any atom is -0.319 e. The Bertz CT molecular complexity index is 476. The first kappa shape index (κ1) is 8.25. The van der Waals surface area contributed by atoms with Crippen LogP contribution in [0, 0.1) is 11.6 Å². The van der Waals surface area contributed by atoms with E-state index in [0.717, 1.165) is 16.3 Å². The SMILES string of the molecule is Cc1cc(=S)n(-c2nccn2C)[nH]1. The monoisotopic (exact) mass is 194 g/mol. The lowest BCUT2D eigenvalue weighted by atomic mass is 10.5. The topological polar surface area (TPSA) is 38.5 Å². The molecule has 0 saturated heterocycles. The zero-order valence-electron chi connectivity index (χ0n) is 7.48. The molecule has 0 aliphatic heterocycles. The largest absolute Gasteiger partial charge is 0.319 e. The lowest BCUT2D eigenvalue weighted by molar-refractivity contribution is 0.737. The van der Waals surface area contributed by atoms with E-state index in [9.17, 15) is 0 Å². The highest BCUT2D eigenvalue weighted by Gasteiger charge is 2.03. The van der Waals surface area contributed by atoms with Crippen molar-refractivity contribution in [1.29, 1.82) is 0 Å². The lowest BCUT2D eigenvalue weighted by Gasteiger charge is -2.01. The van der Waals surface area contributed by atoms with Crippen molar-refractivity contribution in [2.45, 2.75) is 6.92 Å². The molecule has 2 rings (SSSR count). The van der Waals surface area contributed by atoms with Gasteiger partial charge in [-0.15, -0.1) is 0 Å². The first-order chi connectivity index (χ1) is 6.18. The molecule has 2 aromatic heterocycles. The van der Waals surface area contributed by atoms with Gasteiger partial charge in [-0.2, -0.15) is 0 Å². The highest BCUT2D eigenvalue weighted by atomic mass is 32.1. The van der Waals surface area contributed by atoms with E-state index in [1.54, 1.807) is 10.9 Å². The molecule has 2 heterocycles. The van der Waals surface area contributed by atoms with Gasteiger partial charge in [-0.1, -0.05) is 12.2 Å². The average Bonchev–Trinajstić information content (AvgIpc) is 2.58. The fraction of sp³-hybridized carbons (Fsp3) is 0.250. The predicted octanol–water partition coefficient (Wildman–Crippen LogP) is 1.58. The standard InChI is InChI=1S/C8H10N4S/c1-6-5-7(13)12(10-6)8-9-3-4-11(8)2/h3-5,10H,1-2H3. The molecular weight excluding hydrogens is 184 g/mol. The molecule has 4 nitrogen and oxygen atoms in total. The highest BCUT2D eigenvalue weighted by molar-refractivity contribution is 7.71.